The smallest absolute Gasteiger partial charge is 0.226 e. The average molecular weight is 316 g/mol. The third kappa shape index (κ3) is 3.15. The van der Waals surface area contributed by atoms with E-state index in [1.54, 1.807) is 0 Å². The van der Waals surface area contributed by atoms with Gasteiger partial charge in [0.25, 0.3) is 0 Å². The first-order valence-corrected chi connectivity index (χ1v) is 8.60. The Morgan fingerprint density at radius 1 is 1.13 bits per heavy atom. The van der Waals surface area contributed by atoms with E-state index in [-0.39, 0.29) is 0 Å². The van der Waals surface area contributed by atoms with E-state index in [0.717, 1.165) is 50.6 Å². The standard InChI is InChI=1S/C18H24N2O3/c1-13-10-15(13)18(21)20-6-4-19(5-7-20)12-14-2-3-16-17(11-14)23-9-8-22-16/h2-3,11,13,15H,4-10,12H2,1H3. The number of rotatable bonds is 3. The number of amides is 1. The van der Waals surface area contributed by atoms with Crippen LogP contribution in [0, 0.1) is 11.8 Å². The molecule has 0 bridgehead atoms. The van der Waals surface area contributed by atoms with Crippen molar-refractivity contribution in [3.05, 3.63) is 23.8 Å². The van der Waals surface area contributed by atoms with Gasteiger partial charge in [-0.05, 0) is 30.0 Å². The summed E-state index contributed by atoms with van der Waals surface area (Å²) < 4.78 is 11.2. The number of hydrogen-bond acceptors (Lipinski definition) is 4. The van der Waals surface area contributed by atoms with Crippen LogP contribution in [0.5, 0.6) is 11.5 Å². The second kappa shape index (κ2) is 6.04. The molecule has 1 saturated carbocycles. The van der Waals surface area contributed by atoms with E-state index in [1.165, 1.54) is 5.56 Å². The molecule has 5 nitrogen and oxygen atoms in total. The summed E-state index contributed by atoms with van der Waals surface area (Å²) in [5.74, 6) is 2.97. The minimum absolute atomic E-state index is 0.305. The summed E-state index contributed by atoms with van der Waals surface area (Å²) in [5.41, 5.74) is 1.24. The molecular formula is C18H24N2O3. The van der Waals surface area contributed by atoms with Gasteiger partial charge in [0.15, 0.2) is 11.5 Å². The predicted octanol–water partition coefficient (Wildman–Crippen LogP) is 1.76. The van der Waals surface area contributed by atoms with Crippen molar-refractivity contribution in [1.82, 2.24) is 9.80 Å². The van der Waals surface area contributed by atoms with Crippen LogP contribution in [0.25, 0.3) is 0 Å². The Morgan fingerprint density at radius 3 is 2.52 bits per heavy atom. The molecule has 0 aromatic heterocycles. The Labute approximate surface area is 137 Å². The van der Waals surface area contributed by atoms with Crippen molar-refractivity contribution in [3.63, 3.8) is 0 Å². The maximum absolute atomic E-state index is 12.3. The van der Waals surface area contributed by atoms with Gasteiger partial charge in [-0.15, -0.1) is 0 Å². The lowest BCUT2D eigenvalue weighted by atomic mass is 10.1. The number of carbonyl (C=O) groups is 1. The Hall–Kier alpha value is -1.75. The second-order valence-corrected chi connectivity index (χ2v) is 6.90. The summed E-state index contributed by atoms with van der Waals surface area (Å²) in [5, 5.41) is 0. The van der Waals surface area contributed by atoms with Crippen molar-refractivity contribution < 1.29 is 14.3 Å². The molecule has 1 aromatic carbocycles. The third-order valence-electron chi connectivity index (χ3n) is 5.12. The van der Waals surface area contributed by atoms with Crippen molar-refractivity contribution in [2.24, 2.45) is 11.8 Å². The molecule has 0 spiro atoms. The molecule has 5 heteroatoms. The van der Waals surface area contributed by atoms with Crippen LogP contribution in [0.3, 0.4) is 0 Å². The van der Waals surface area contributed by atoms with Gasteiger partial charge in [0, 0.05) is 38.6 Å². The molecule has 0 radical (unpaired) electrons. The Morgan fingerprint density at radius 2 is 1.83 bits per heavy atom. The van der Waals surface area contributed by atoms with Crippen molar-refractivity contribution in [2.45, 2.75) is 19.9 Å². The van der Waals surface area contributed by atoms with Crippen molar-refractivity contribution in [1.29, 1.82) is 0 Å². The van der Waals surface area contributed by atoms with Gasteiger partial charge in [-0.1, -0.05) is 13.0 Å². The van der Waals surface area contributed by atoms with Gasteiger partial charge < -0.3 is 14.4 Å². The van der Waals surface area contributed by atoms with Crippen LogP contribution >= 0.6 is 0 Å². The van der Waals surface area contributed by atoms with Crippen molar-refractivity contribution in [3.8, 4) is 11.5 Å². The molecule has 4 rings (SSSR count). The lowest BCUT2D eigenvalue weighted by Crippen LogP contribution is -2.48. The van der Waals surface area contributed by atoms with E-state index >= 15 is 0 Å². The highest BCUT2D eigenvalue weighted by molar-refractivity contribution is 5.81. The molecule has 1 amide bonds. The molecule has 1 aliphatic carbocycles. The molecule has 1 aromatic rings. The highest BCUT2D eigenvalue weighted by Gasteiger charge is 2.41. The zero-order valence-electron chi connectivity index (χ0n) is 13.7. The largest absolute Gasteiger partial charge is 0.486 e. The van der Waals surface area contributed by atoms with Gasteiger partial charge in [0.2, 0.25) is 5.91 Å². The summed E-state index contributed by atoms with van der Waals surface area (Å²) >= 11 is 0. The summed E-state index contributed by atoms with van der Waals surface area (Å²) in [6, 6.07) is 6.19. The van der Waals surface area contributed by atoms with Crippen molar-refractivity contribution >= 4 is 5.91 Å². The van der Waals surface area contributed by atoms with E-state index < -0.39 is 0 Å². The third-order valence-corrected chi connectivity index (χ3v) is 5.12. The van der Waals surface area contributed by atoms with Gasteiger partial charge in [0.05, 0.1) is 0 Å². The SMILES string of the molecule is CC1CC1C(=O)N1CCN(Cc2ccc3c(c2)OCCO3)CC1. The Balaban J connectivity index is 1.32. The molecule has 2 atom stereocenters. The molecule has 2 aliphatic heterocycles. The molecule has 3 aliphatic rings. The highest BCUT2D eigenvalue weighted by atomic mass is 16.6. The van der Waals surface area contributed by atoms with Crippen LogP contribution in [0.15, 0.2) is 18.2 Å². The monoisotopic (exact) mass is 316 g/mol. The first kappa shape index (κ1) is 14.8. The van der Waals surface area contributed by atoms with Crippen LogP contribution in [-0.2, 0) is 11.3 Å². The minimum Gasteiger partial charge on any atom is -0.486 e. The fourth-order valence-corrected chi connectivity index (χ4v) is 3.47. The first-order valence-electron chi connectivity index (χ1n) is 8.60. The Kier molecular flexibility index (Phi) is 3.89. The molecule has 124 valence electrons. The van der Waals surface area contributed by atoms with Gasteiger partial charge in [0.1, 0.15) is 13.2 Å². The molecule has 2 fully saturated rings. The van der Waals surface area contributed by atoms with E-state index in [1.807, 2.05) is 6.07 Å². The van der Waals surface area contributed by atoms with Crippen LogP contribution in [-0.4, -0.2) is 55.1 Å². The molecule has 2 heterocycles. The zero-order valence-corrected chi connectivity index (χ0v) is 13.7. The van der Waals surface area contributed by atoms with Crippen LogP contribution in [0.2, 0.25) is 0 Å². The van der Waals surface area contributed by atoms with Crippen LogP contribution in [0.4, 0.5) is 0 Å². The van der Waals surface area contributed by atoms with Gasteiger partial charge in [-0.3, -0.25) is 9.69 Å². The molecule has 1 saturated heterocycles. The zero-order chi connectivity index (χ0) is 15.8. The summed E-state index contributed by atoms with van der Waals surface area (Å²) in [4.78, 5) is 16.7. The number of ether oxygens (including phenoxy) is 2. The van der Waals surface area contributed by atoms with Crippen LogP contribution < -0.4 is 9.47 Å². The molecular weight excluding hydrogens is 292 g/mol. The maximum atomic E-state index is 12.3. The molecule has 2 unspecified atom stereocenters. The number of nitrogens with zero attached hydrogens (tertiary/aromatic N) is 2. The lowest BCUT2D eigenvalue weighted by molar-refractivity contribution is -0.134. The maximum Gasteiger partial charge on any atom is 0.226 e. The lowest BCUT2D eigenvalue weighted by Gasteiger charge is -2.35. The summed E-state index contributed by atoms with van der Waals surface area (Å²) in [7, 11) is 0. The Bertz CT molecular complexity index is 596. The number of piperazine rings is 1. The number of hydrogen-bond donors (Lipinski definition) is 0. The quantitative estimate of drug-likeness (QED) is 0.852. The summed E-state index contributed by atoms with van der Waals surface area (Å²) in [6.07, 6.45) is 1.08. The van der Waals surface area contributed by atoms with E-state index in [2.05, 4.69) is 28.9 Å². The van der Waals surface area contributed by atoms with E-state index in [9.17, 15) is 4.79 Å². The number of benzene rings is 1. The average Bonchev–Trinajstić information content (AvgIpc) is 3.32. The van der Waals surface area contributed by atoms with Gasteiger partial charge in [-0.25, -0.2) is 0 Å². The molecule has 0 N–H and O–H groups in total. The fourth-order valence-electron chi connectivity index (χ4n) is 3.47. The molecule has 23 heavy (non-hydrogen) atoms. The van der Waals surface area contributed by atoms with Crippen LogP contribution in [0.1, 0.15) is 18.9 Å². The fraction of sp³-hybridized carbons (Fsp3) is 0.611. The van der Waals surface area contributed by atoms with Gasteiger partial charge in [-0.2, -0.15) is 0 Å². The summed E-state index contributed by atoms with van der Waals surface area (Å²) in [6.45, 7) is 7.92. The number of carbonyl (C=O) groups excluding carboxylic acids is 1. The number of fused-ring (bicyclic) bond motifs is 1. The predicted molar refractivity (Wildman–Crippen MR) is 86.6 cm³/mol. The van der Waals surface area contributed by atoms with Gasteiger partial charge >= 0.3 is 0 Å². The van der Waals surface area contributed by atoms with E-state index in [0.29, 0.717) is 31.0 Å². The normalized spacial score (nSPS) is 26.9. The first-order chi connectivity index (χ1) is 11.2. The van der Waals surface area contributed by atoms with E-state index in [4.69, 9.17) is 9.47 Å². The minimum atomic E-state index is 0.305. The topological polar surface area (TPSA) is 42.0 Å². The second-order valence-electron chi connectivity index (χ2n) is 6.90. The van der Waals surface area contributed by atoms with Crippen molar-refractivity contribution in [2.75, 3.05) is 39.4 Å². The highest BCUT2D eigenvalue weighted by Crippen LogP contribution is 2.39.